The number of esters is 3. The molecule has 1 unspecified atom stereocenters. The van der Waals surface area contributed by atoms with E-state index in [1.165, 1.54) is 128 Å². The molecule has 0 aliphatic rings. The van der Waals surface area contributed by atoms with E-state index in [2.05, 4.69) is 93.7 Å². The summed E-state index contributed by atoms with van der Waals surface area (Å²) in [6.07, 6.45) is 66.0. The molecule has 0 amide bonds. The van der Waals surface area contributed by atoms with Gasteiger partial charge in [-0.1, -0.05) is 203 Å². The molecule has 0 aromatic carbocycles. The van der Waals surface area contributed by atoms with Crippen molar-refractivity contribution in [3.63, 3.8) is 0 Å². The zero-order chi connectivity index (χ0) is 46.5. The van der Waals surface area contributed by atoms with E-state index in [1.54, 1.807) is 0 Å². The van der Waals surface area contributed by atoms with Crippen molar-refractivity contribution in [2.45, 2.75) is 264 Å². The molecular formula is C58H100O6. The van der Waals surface area contributed by atoms with Crippen LogP contribution in [0.25, 0.3) is 0 Å². The molecule has 1 atom stereocenters. The Morgan fingerprint density at radius 3 is 1.03 bits per heavy atom. The lowest BCUT2D eigenvalue weighted by atomic mass is 10.1. The summed E-state index contributed by atoms with van der Waals surface area (Å²) in [6, 6.07) is 0. The third-order valence-corrected chi connectivity index (χ3v) is 11.4. The van der Waals surface area contributed by atoms with E-state index in [9.17, 15) is 14.4 Å². The van der Waals surface area contributed by atoms with Crippen LogP contribution in [0.4, 0.5) is 0 Å². The zero-order valence-electron chi connectivity index (χ0n) is 42.0. The van der Waals surface area contributed by atoms with E-state index >= 15 is 0 Å². The fourth-order valence-electron chi connectivity index (χ4n) is 7.36. The number of carbonyl (C=O) groups is 3. The van der Waals surface area contributed by atoms with Crippen LogP contribution in [0.5, 0.6) is 0 Å². The van der Waals surface area contributed by atoms with Gasteiger partial charge in [-0.3, -0.25) is 14.4 Å². The van der Waals surface area contributed by atoms with Gasteiger partial charge in [0.25, 0.3) is 0 Å². The van der Waals surface area contributed by atoms with Gasteiger partial charge in [0, 0.05) is 19.3 Å². The molecule has 6 heteroatoms. The predicted molar refractivity (Wildman–Crippen MR) is 274 cm³/mol. The lowest BCUT2D eigenvalue weighted by Gasteiger charge is -2.18. The Hall–Kier alpha value is -3.15. The summed E-state index contributed by atoms with van der Waals surface area (Å²) in [4.78, 5) is 38.0. The number of hydrogen-bond donors (Lipinski definition) is 0. The largest absolute Gasteiger partial charge is 0.462 e. The molecule has 0 fully saturated rings. The first-order valence-electron chi connectivity index (χ1n) is 26.9. The number of hydrogen-bond acceptors (Lipinski definition) is 6. The first-order chi connectivity index (χ1) is 31.5. The maximum atomic E-state index is 12.8. The van der Waals surface area contributed by atoms with Gasteiger partial charge < -0.3 is 14.2 Å². The molecule has 0 saturated carbocycles. The van der Waals surface area contributed by atoms with Gasteiger partial charge in [0.15, 0.2) is 6.10 Å². The SMILES string of the molecule is CC/C=C\C/C=C\C/C=C\CCCCC(=O)OCC(COC(=O)CCCCCCCCC/C=C\C/C=C\CCCCC)OC(=O)CCCCCCCCC/C=C\CCCCCCCC. The predicted octanol–water partition coefficient (Wildman–Crippen LogP) is 17.8. The lowest BCUT2D eigenvalue weighted by molar-refractivity contribution is -0.167. The van der Waals surface area contributed by atoms with Gasteiger partial charge in [-0.15, -0.1) is 0 Å². The first-order valence-corrected chi connectivity index (χ1v) is 26.9. The molecule has 0 aromatic rings. The smallest absolute Gasteiger partial charge is 0.306 e. The second-order valence-electron chi connectivity index (χ2n) is 17.7. The van der Waals surface area contributed by atoms with Gasteiger partial charge in [-0.25, -0.2) is 0 Å². The van der Waals surface area contributed by atoms with Crippen molar-refractivity contribution in [3.8, 4) is 0 Å². The maximum absolute atomic E-state index is 12.8. The minimum Gasteiger partial charge on any atom is -0.462 e. The van der Waals surface area contributed by atoms with Gasteiger partial charge in [-0.2, -0.15) is 0 Å². The Kier molecular flexibility index (Phi) is 49.9. The number of carbonyl (C=O) groups excluding carboxylic acids is 3. The molecule has 368 valence electrons. The average Bonchev–Trinajstić information content (AvgIpc) is 3.29. The topological polar surface area (TPSA) is 78.9 Å². The Bertz CT molecular complexity index is 1210. The van der Waals surface area contributed by atoms with E-state index in [0.717, 1.165) is 89.9 Å². The normalized spacial score (nSPS) is 12.6. The zero-order valence-corrected chi connectivity index (χ0v) is 42.0. The van der Waals surface area contributed by atoms with Crippen molar-refractivity contribution in [1.29, 1.82) is 0 Å². The molecule has 0 rings (SSSR count). The molecule has 0 N–H and O–H groups in total. The molecule has 0 heterocycles. The molecule has 0 bridgehead atoms. The molecule has 64 heavy (non-hydrogen) atoms. The van der Waals surface area contributed by atoms with Crippen LogP contribution in [0.1, 0.15) is 258 Å². The standard InChI is InChI=1S/C58H100O6/c1-4-7-10-13-16-19-22-25-27-29-31-33-36-39-42-45-48-51-57(60)63-54-55(53-62-56(59)50-47-44-41-38-35-24-21-18-15-12-9-6-3)64-58(61)52-49-46-43-40-37-34-32-30-28-26-23-20-17-14-11-8-5-2/h9,12,16,18-19,21,25-28,35,38,55H,4-8,10-11,13-15,17,20,22-24,29-34,36-37,39-54H2,1-3H3/b12-9-,19-16-,21-18-,27-25-,28-26-,38-35-. The molecule has 0 radical (unpaired) electrons. The van der Waals surface area contributed by atoms with Gasteiger partial charge >= 0.3 is 17.9 Å². The highest BCUT2D eigenvalue weighted by molar-refractivity contribution is 5.71. The summed E-state index contributed by atoms with van der Waals surface area (Å²) in [5, 5.41) is 0. The molecule has 0 saturated heterocycles. The monoisotopic (exact) mass is 893 g/mol. The van der Waals surface area contributed by atoms with E-state index < -0.39 is 6.10 Å². The maximum Gasteiger partial charge on any atom is 0.306 e. The van der Waals surface area contributed by atoms with Crippen molar-refractivity contribution in [1.82, 2.24) is 0 Å². The van der Waals surface area contributed by atoms with E-state index in [1.807, 2.05) is 0 Å². The van der Waals surface area contributed by atoms with E-state index in [4.69, 9.17) is 14.2 Å². The van der Waals surface area contributed by atoms with Crippen molar-refractivity contribution in [2.75, 3.05) is 13.2 Å². The molecular weight excluding hydrogens is 793 g/mol. The summed E-state index contributed by atoms with van der Waals surface area (Å²) < 4.78 is 16.8. The summed E-state index contributed by atoms with van der Waals surface area (Å²) in [5.41, 5.74) is 0. The van der Waals surface area contributed by atoms with Gasteiger partial charge in [0.1, 0.15) is 13.2 Å². The minimum atomic E-state index is -0.796. The van der Waals surface area contributed by atoms with Crippen LogP contribution in [-0.2, 0) is 28.6 Å². The van der Waals surface area contributed by atoms with Crippen LogP contribution in [0.2, 0.25) is 0 Å². The van der Waals surface area contributed by atoms with Crippen molar-refractivity contribution in [3.05, 3.63) is 72.9 Å². The second-order valence-corrected chi connectivity index (χ2v) is 17.7. The Balaban J connectivity index is 4.41. The number of allylic oxidation sites excluding steroid dienone is 12. The molecule has 0 aliphatic carbocycles. The highest BCUT2D eigenvalue weighted by Gasteiger charge is 2.19. The Morgan fingerprint density at radius 1 is 0.328 bits per heavy atom. The number of unbranched alkanes of at least 4 members (excludes halogenated alkanes) is 25. The lowest BCUT2D eigenvalue weighted by Crippen LogP contribution is -2.30. The molecule has 0 spiro atoms. The Morgan fingerprint density at radius 2 is 0.609 bits per heavy atom. The van der Waals surface area contributed by atoms with Crippen LogP contribution in [0, 0.1) is 0 Å². The van der Waals surface area contributed by atoms with Crippen LogP contribution in [-0.4, -0.2) is 37.2 Å². The van der Waals surface area contributed by atoms with Crippen LogP contribution in [0.15, 0.2) is 72.9 Å². The van der Waals surface area contributed by atoms with Crippen molar-refractivity contribution >= 4 is 17.9 Å². The quantitative estimate of drug-likeness (QED) is 0.0262. The van der Waals surface area contributed by atoms with E-state index in [0.29, 0.717) is 19.3 Å². The van der Waals surface area contributed by atoms with Crippen LogP contribution in [0.3, 0.4) is 0 Å². The minimum absolute atomic E-state index is 0.0933. The summed E-state index contributed by atoms with van der Waals surface area (Å²) in [5.74, 6) is -0.942. The van der Waals surface area contributed by atoms with Crippen LogP contribution < -0.4 is 0 Å². The highest BCUT2D eigenvalue weighted by Crippen LogP contribution is 2.14. The average molecular weight is 893 g/mol. The summed E-state index contributed by atoms with van der Waals surface area (Å²) in [7, 11) is 0. The molecule has 0 aromatic heterocycles. The number of ether oxygens (including phenoxy) is 3. The van der Waals surface area contributed by atoms with Crippen molar-refractivity contribution in [2.24, 2.45) is 0 Å². The summed E-state index contributed by atoms with van der Waals surface area (Å²) in [6.45, 7) is 6.46. The van der Waals surface area contributed by atoms with Crippen LogP contribution >= 0.6 is 0 Å². The van der Waals surface area contributed by atoms with E-state index in [-0.39, 0.29) is 31.1 Å². The second kappa shape index (κ2) is 52.5. The molecule has 0 aliphatic heterocycles. The van der Waals surface area contributed by atoms with Gasteiger partial charge in [0.2, 0.25) is 0 Å². The summed E-state index contributed by atoms with van der Waals surface area (Å²) >= 11 is 0. The van der Waals surface area contributed by atoms with Gasteiger partial charge in [0.05, 0.1) is 0 Å². The highest BCUT2D eigenvalue weighted by atomic mass is 16.6. The van der Waals surface area contributed by atoms with Gasteiger partial charge in [-0.05, 0) is 109 Å². The van der Waals surface area contributed by atoms with Crippen molar-refractivity contribution < 1.29 is 28.6 Å². The Labute approximate surface area is 395 Å². The third-order valence-electron chi connectivity index (χ3n) is 11.4. The third kappa shape index (κ3) is 49.9. The fourth-order valence-corrected chi connectivity index (χ4v) is 7.36. The molecule has 6 nitrogen and oxygen atoms in total. The number of rotatable bonds is 48. The fraction of sp³-hybridized carbons (Fsp3) is 0.741. The first kappa shape index (κ1) is 60.9.